The lowest BCUT2D eigenvalue weighted by atomic mass is 9.93. The van der Waals surface area contributed by atoms with Gasteiger partial charge in [0.2, 0.25) is 5.91 Å². The molecule has 11 heteroatoms. The average molecular weight is 620 g/mol. The van der Waals surface area contributed by atoms with Crippen LogP contribution >= 0.6 is 0 Å². The number of ether oxygens (including phenoxy) is 1. The normalized spacial score (nSPS) is 16.6. The SMILES string of the molecule is COc1ccccc1-c1cc(C2=CCCN(C(=O)CCn3ccnn3)C2)c(F)c2[nH]c(C(=O)N3CCC(c4ccncc4)C3)cc12. The molecule has 1 atom stereocenters. The predicted octanol–water partition coefficient (Wildman–Crippen LogP) is 5.30. The summed E-state index contributed by atoms with van der Waals surface area (Å²) in [6, 6.07) is 15.1. The summed E-state index contributed by atoms with van der Waals surface area (Å²) in [5.74, 6) is 0.213. The molecular weight excluding hydrogens is 585 g/mol. The van der Waals surface area contributed by atoms with Crippen molar-refractivity contribution in [2.75, 3.05) is 33.3 Å². The maximum atomic E-state index is 16.6. The van der Waals surface area contributed by atoms with E-state index in [1.165, 1.54) is 0 Å². The number of para-hydroxylation sites is 1. The van der Waals surface area contributed by atoms with Gasteiger partial charge in [-0.1, -0.05) is 29.5 Å². The molecular formula is C35H34FN7O3. The van der Waals surface area contributed by atoms with Crippen molar-refractivity contribution in [3.8, 4) is 16.9 Å². The molecule has 2 aliphatic heterocycles. The van der Waals surface area contributed by atoms with Crippen LogP contribution in [0.5, 0.6) is 5.75 Å². The summed E-state index contributed by atoms with van der Waals surface area (Å²) < 4.78 is 23.9. The molecule has 5 heterocycles. The molecule has 2 aliphatic rings. The standard InChI is InChI=1S/C35H34FN7O3/c1-46-31-7-3-2-6-26(31)28-19-27(25-5-4-15-41(22-25)32(44)11-17-43-18-14-38-40-43)33(36)34-29(28)20-30(39-34)35(45)42-16-10-24(21-42)23-8-12-37-13-9-23/h2-3,5-9,12-14,18-20,24,39H,4,10-11,15-17,21-22H2,1H3. The molecule has 5 aromatic rings. The van der Waals surface area contributed by atoms with Gasteiger partial charge in [-0.25, -0.2) is 4.39 Å². The second-order valence-corrected chi connectivity index (χ2v) is 11.7. The third kappa shape index (κ3) is 5.64. The predicted molar refractivity (Wildman–Crippen MR) is 172 cm³/mol. The molecule has 1 N–H and O–H groups in total. The van der Waals surface area contributed by atoms with Crippen LogP contribution in [0.3, 0.4) is 0 Å². The Morgan fingerprint density at radius 3 is 2.67 bits per heavy atom. The van der Waals surface area contributed by atoms with Crippen LogP contribution in [0, 0.1) is 5.82 Å². The van der Waals surface area contributed by atoms with Crippen molar-refractivity contribution in [3.05, 3.63) is 102 Å². The van der Waals surface area contributed by atoms with Crippen molar-refractivity contribution in [1.29, 1.82) is 0 Å². The molecule has 0 aliphatic carbocycles. The van der Waals surface area contributed by atoms with Gasteiger partial charge in [0.05, 0.1) is 25.4 Å². The van der Waals surface area contributed by atoms with Gasteiger partial charge in [-0.15, -0.1) is 5.10 Å². The van der Waals surface area contributed by atoms with Gasteiger partial charge in [-0.05, 0) is 59.9 Å². The van der Waals surface area contributed by atoms with E-state index in [0.717, 1.165) is 28.7 Å². The van der Waals surface area contributed by atoms with Gasteiger partial charge in [-0.3, -0.25) is 19.3 Å². The first-order valence-corrected chi connectivity index (χ1v) is 15.5. The van der Waals surface area contributed by atoms with E-state index in [1.807, 2.05) is 53.4 Å². The number of hydrogen-bond donors (Lipinski definition) is 1. The molecule has 7 rings (SSSR count). The van der Waals surface area contributed by atoms with Gasteiger partial charge in [0.25, 0.3) is 5.91 Å². The highest BCUT2D eigenvalue weighted by Crippen LogP contribution is 2.40. The number of aryl methyl sites for hydroxylation is 1. The molecule has 234 valence electrons. The van der Waals surface area contributed by atoms with E-state index in [2.05, 4.69) is 20.3 Å². The molecule has 0 saturated carbocycles. The number of benzene rings is 2. The van der Waals surface area contributed by atoms with Crippen LogP contribution in [0.25, 0.3) is 27.6 Å². The number of hydrogen-bond acceptors (Lipinski definition) is 6. The summed E-state index contributed by atoms with van der Waals surface area (Å²) in [5.41, 5.74) is 4.38. The van der Waals surface area contributed by atoms with Gasteiger partial charge in [0.15, 0.2) is 5.82 Å². The smallest absolute Gasteiger partial charge is 0.270 e. The summed E-state index contributed by atoms with van der Waals surface area (Å²) >= 11 is 0. The van der Waals surface area contributed by atoms with Crippen LogP contribution in [0.1, 0.15) is 46.8 Å². The number of aromatic amines is 1. The van der Waals surface area contributed by atoms with E-state index in [0.29, 0.717) is 55.0 Å². The zero-order chi connectivity index (χ0) is 31.6. The molecule has 0 spiro atoms. The largest absolute Gasteiger partial charge is 0.496 e. The summed E-state index contributed by atoms with van der Waals surface area (Å²) in [5, 5.41) is 8.33. The fourth-order valence-corrected chi connectivity index (χ4v) is 6.59. The number of halogens is 1. The van der Waals surface area contributed by atoms with Crippen molar-refractivity contribution in [1.82, 2.24) is 34.8 Å². The van der Waals surface area contributed by atoms with Crippen LogP contribution in [-0.4, -0.2) is 79.9 Å². The molecule has 2 amide bonds. The highest BCUT2D eigenvalue weighted by molar-refractivity contribution is 6.05. The Morgan fingerprint density at radius 1 is 1.02 bits per heavy atom. The highest BCUT2D eigenvalue weighted by atomic mass is 19.1. The molecule has 3 aromatic heterocycles. The summed E-state index contributed by atoms with van der Waals surface area (Å²) in [6.45, 7) is 2.45. The maximum Gasteiger partial charge on any atom is 0.270 e. The van der Waals surface area contributed by atoms with Crippen molar-refractivity contribution in [3.63, 3.8) is 0 Å². The number of likely N-dealkylation sites (tertiary alicyclic amines) is 1. The fourth-order valence-electron chi connectivity index (χ4n) is 6.59. The van der Waals surface area contributed by atoms with Gasteiger partial charge < -0.3 is 19.5 Å². The first-order chi connectivity index (χ1) is 22.5. The Hall–Kier alpha value is -5.32. The molecule has 1 saturated heterocycles. The maximum absolute atomic E-state index is 16.6. The molecule has 2 aromatic carbocycles. The Kier molecular flexibility index (Phi) is 8.04. The topological polar surface area (TPSA) is 109 Å². The number of H-pyrrole nitrogens is 1. The minimum atomic E-state index is -0.452. The van der Waals surface area contributed by atoms with Crippen LogP contribution in [-0.2, 0) is 11.3 Å². The van der Waals surface area contributed by atoms with E-state index in [1.54, 1.807) is 47.5 Å². The molecule has 46 heavy (non-hydrogen) atoms. The molecule has 1 unspecified atom stereocenters. The van der Waals surface area contributed by atoms with Crippen molar-refractivity contribution >= 4 is 28.3 Å². The van der Waals surface area contributed by atoms with Crippen LogP contribution < -0.4 is 4.74 Å². The van der Waals surface area contributed by atoms with E-state index in [9.17, 15) is 9.59 Å². The zero-order valence-electron chi connectivity index (χ0n) is 25.5. The number of rotatable bonds is 8. The van der Waals surface area contributed by atoms with Gasteiger partial charge >= 0.3 is 0 Å². The number of nitrogens with one attached hydrogen (secondary N) is 1. The third-order valence-corrected chi connectivity index (χ3v) is 9.01. The number of carbonyl (C=O) groups is 2. The lowest BCUT2D eigenvalue weighted by Crippen LogP contribution is -2.36. The average Bonchev–Trinajstić information content (AvgIpc) is 3.90. The fraction of sp³-hybridized carbons (Fsp3) is 0.286. The van der Waals surface area contributed by atoms with E-state index < -0.39 is 5.82 Å². The minimum Gasteiger partial charge on any atom is -0.496 e. The summed E-state index contributed by atoms with van der Waals surface area (Å²) in [6.07, 6.45) is 10.6. The quantitative estimate of drug-likeness (QED) is 0.252. The van der Waals surface area contributed by atoms with E-state index in [4.69, 9.17) is 4.74 Å². The molecule has 0 radical (unpaired) electrons. The zero-order valence-corrected chi connectivity index (χ0v) is 25.5. The lowest BCUT2D eigenvalue weighted by Gasteiger charge is -2.28. The van der Waals surface area contributed by atoms with Crippen molar-refractivity contribution < 1.29 is 18.7 Å². The second kappa shape index (κ2) is 12.6. The highest BCUT2D eigenvalue weighted by Gasteiger charge is 2.30. The Balaban J connectivity index is 1.23. The number of fused-ring (bicyclic) bond motifs is 1. The number of carbonyl (C=O) groups excluding carboxylic acids is 2. The number of methoxy groups -OCH3 is 1. The Bertz CT molecular complexity index is 1920. The molecule has 0 bridgehead atoms. The molecule has 10 nitrogen and oxygen atoms in total. The Morgan fingerprint density at radius 2 is 1.87 bits per heavy atom. The van der Waals surface area contributed by atoms with Gasteiger partial charge in [-0.2, -0.15) is 0 Å². The van der Waals surface area contributed by atoms with Crippen LogP contribution in [0.2, 0.25) is 0 Å². The Labute approximate surface area is 265 Å². The minimum absolute atomic E-state index is 0.0315. The first-order valence-electron chi connectivity index (χ1n) is 15.5. The van der Waals surface area contributed by atoms with Gasteiger partial charge in [0.1, 0.15) is 11.4 Å². The summed E-state index contributed by atoms with van der Waals surface area (Å²) in [7, 11) is 1.60. The van der Waals surface area contributed by atoms with Crippen molar-refractivity contribution in [2.24, 2.45) is 0 Å². The third-order valence-electron chi connectivity index (χ3n) is 9.01. The molecule has 1 fully saturated rings. The van der Waals surface area contributed by atoms with Crippen LogP contribution in [0.4, 0.5) is 4.39 Å². The number of nitrogens with zero attached hydrogens (tertiary/aromatic N) is 6. The summed E-state index contributed by atoms with van der Waals surface area (Å²) in [4.78, 5) is 37.8. The van der Waals surface area contributed by atoms with Crippen LogP contribution in [0.15, 0.2) is 79.4 Å². The lowest BCUT2D eigenvalue weighted by molar-refractivity contribution is -0.131. The number of aromatic nitrogens is 5. The number of pyridine rings is 1. The monoisotopic (exact) mass is 619 g/mol. The van der Waals surface area contributed by atoms with E-state index in [-0.39, 0.29) is 36.2 Å². The van der Waals surface area contributed by atoms with Gasteiger partial charge in [0, 0.05) is 73.6 Å². The van der Waals surface area contributed by atoms with E-state index >= 15 is 4.39 Å². The first kappa shape index (κ1) is 29.4. The number of amides is 2. The second-order valence-electron chi connectivity index (χ2n) is 11.7. The van der Waals surface area contributed by atoms with Crippen molar-refractivity contribution in [2.45, 2.75) is 31.7 Å².